The van der Waals surface area contributed by atoms with E-state index in [9.17, 15) is 14.9 Å². The van der Waals surface area contributed by atoms with Gasteiger partial charge in [-0.1, -0.05) is 11.3 Å². The molecule has 1 fully saturated rings. The van der Waals surface area contributed by atoms with Crippen LogP contribution in [0.1, 0.15) is 16.8 Å². The van der Waals surface area contributed by atoms with Crippen LogP contribution >= 0.6 is 11.3 Å². The van der Waals surface area contributed by atoms with Gasteiger partial charge in [-0.25, -0.2) is 4.98 Å². The number of methoxy groups -OCH3 is 2. The Balaban J connectivity index is 1.74. The van der Waals surface area contributed by atoms with Gasteiger partial charge in [0, 0.05) is 31.3 Å². The zero-order valence-corrected chi connectivity index (χ0v) is 22.2. The number of ether oxygens (including phenoxy) is 3. The van der Waals surface area contributed by atoms with E-state index in [-0.39, 0.29) is 17.2 Å². The second-order valence-electron chi connectivity index (χ2n) is 8.82. The summed E-state index contributed by atoms with van der Waals surface area (Å²) in [5.41, 5.74) is 1.21. The largest absolute Gasteiger partial charge is 0.495 e. The van der Waals surface area contributed by atoms with Gasteiger partial charge in [0.25, 0.3) is 11.6 Å². The second-order valence-corrected chi connectivity index (χ2v) is 9.80. The van der Waals surface area contributed by atoms with Gasteiger partial charge in [-0.2, -0.15) is 0 Å². The van der Waals surface area contributed by atoms with Crippen molar-refractivity contribution in [2.45, 2.75) is 6.42 Å². The molecule has 0 radical (unpaired) electrons. The van der Waals surface area contributed by atoms with Crippen molar-refractivity contribution in [3.63, 3.8) is 0 Å². The topological polar surface area (TPSA) is 111 Å². The molecule has 0 spiro atoms. The lowest BCUT2D eigenvalue weighted by atomic mass is 10.1. The molecular formula is C25H31N5O6S. The Morgan fingerprint density at radius 1 is 1.14 bits per heavy atom. The molecule has 11 nitrogen and oxygen atoms in total. The van der Waals surface area contributed by atoms with Crippen molar-refractivity contribution in [2.75, 3.05) is 77.5 Å². The molecule has 0 saturated carbocycles. The number of benzene rings is 2. The lowest BCUT2D eigenvalue weighted by molar-refractivity contribution is -0.384. The van der Waals surface area contributed by atoms with Crippen molar-refractivity contribution in [1.82, 2.24) is 9.88 Å². The fourth-order valence-electron chi connectivity index (χ4n) is 4.25. The van der Waals surface area contributed by atoms with Crippen molar-refractivity contribution in [1.29, 1.82) is 0 Å². The first kappa shape index (κ1) is 26.6. The average molecular weight is 530 g/mol. The number of rotatable bonds is 10. The molecule has 12 heteroatoms. The molecule has 4 rings (SSSR count). The summed E-state index contributed by atoms with van der Waals surface area (Å²) in [7, 11) is 7.08. The number of aromatic nitrogens is 1. The Kier molecular flexibility index (Phi) is 8.41. The van der Waals surface area contributed by atoms with E-state index in [1.54, 1.807) is 43.4 Å². The summed E-state index contributed by atoms with van der Waals surface area (Å²) in [6.45, 7) is 3.27. The molecule has 198 valence electrons. The molecule has 0 aliphatic carbocycles. The highest BCUT2D eigenvalue weighted by Crippen LogP contribution is 2.40. The van der Waals surface area contributed by atoms with E-state index in [1.165, 1.54) is 17.4 Å². The minimum absolute atomic E-state index is 0.103. The number of amides is 1. The predicted octanol–water partition coefficient (Wildman–Crippen LogP) is 3.66. The van der Waals surface area contributed by atoms with Crippen LogP contribution in [0.15, 0.2) is 30.3 Å². The molecule has 3 aromatic rings. The van der Waals surface area contributed by atoms with Crippen molar-refractivity contribution in [3.05, 3.63) is 46.0 Å². The van der Waals surface area contributed by atoms with Crippen LogP contribution in [0.5, 0.6) is 11.5 Å². The first-order valence-corrected chi connectivity index (χ1v) is 12.7. The molecule has 1 aliphatic heterocycles. The molecule has 2 heterocycles. The fourth-order valence-corrected chi connectivity index (χ4v) is 5.35. The normalized spacial score (nSPS) is 13.7. The highest BCUT2D eigenvalue weighted by atomic mass is 32.1. The minimum Gasteiger partial charge on any atom is -0.495 e. The molecule has 0 N–H and O–H groups in total. The van der Waals surface area contributed by atoms with E-state index in [1.807, 2.05) is 23.9 Å². The SMILES string of the molecule is COc1ccc(OC)c2sc(N(CCCN(C)C)C(=O)c3ccc(N4CCOCC4)c([N+](=O)[O-])c3)nc12. The third-order valence-corrected chi connectivity index (χ3v) is 7.23. The zero-order chi connectivity index (χ0) is 26.5. The predicted molar refractivity (Wildman–Crippen MR) is 144 cm³/mol. The molecule has 0 bridgehead atoms. The summed E-state index contributed by atoms with van der Waals surface area (Å²) in [5.74, 6) is 0.850. The van der Waals surface area contributed by atoms with Crippen LogP contribution < -0.4 is 19.3 Å². The van der Waals surface area contributed by atoms with Crippen LogP contribution in [0.3, 0.4) is 0 Å². The van der Waals surface area contributed by atoms with Gasteiger partial charge >= 0.3 is 0 Å². The summed E-state index contributed by atoms with van der Waals surface area (Å²) in [6, 6.07) is 8.23. The lowest BCUT2D eigenvalue weighted by Crippen LogP contribution is -2.37. The van der Waals surface area contributed by atoms with Crippen molar-refractivity contribution >= 4 is 44.0 Å². The zero-order valence-electron chi connectivity index (χ0n) is 21.4. The van der Waals surface area contributed by atoms with E-state index in [0.29, 0.717) is 67.1 Å². The minimum atomic E-state index is -0.439. The maximum absolute atomic E-state index is 13.8. The van der Waals surface area contributed by atoms with E-state index in [2.05, 4.69) is 0 Å². The Labute approximate surface area is 219 Å². The maximum atomic E-state index is 13.8. The van der Waals surface area contributed by atoms with Crippen LogP contribution in [0.2, 0.25) is 0 Å². The number of nitrogens with zero attached hydrogens (tertiary/aromatic N) is 5. The van der Waals surface area contributed by atoms with Gasteiger partial charge in [-0.15, -0.1) is 0 Å². The quantitative estimate of drug-likeness (QED) is 0.287. The maximum Gasteiger partial charge on any atom is 0.293 e. The van der Waals surface area contributed by atoms with Gasteiger partial charge < -0.3 is 24.0 Å². The smallest absolute Gasteiger partial charge is 0.293 e. The first-order valence-electron chi connectivity index (χ1n) is 11.9. The number of carbonyl (C=O) groups is 1. The Morgan fingerprint density at radius 3 is 2.49 bits per heavy atom. The molecule has 37 heavy (non-hydrogen) atoms. The van der Waals surface area contributed by atoms with E-state index >= 15 is 0 Å². The Hall–Kier alpha value is -3.48. The van der Waals surface area contributed by atoms with E-state index < -0.39 is 4.92 Å². The number of nitro groups is 1. The van der Waals surface area contributed by atoms with Crippen molar-refractivity contribution in [2.24, 2.45) is 0 Å². The fraction of sp³-hybridized carbons (Fsp3) is 0.440. The molecule has 1 saturated heterocycles. The van der Waals surface area contributed by atoms with Gasteiger partial charge in [-0.05, 0) is 51.3 Å². The highest BCUT2D eigenvalue weighted by Gasteiger charge is 2.27. The van der Waals surface area contributed by atoms with Crippen LogP contribution in [0.4, 0.5) is 16.5 Å². The van der Waals surface area contributed by atoms with Crippen LogP contribution in [0, 0.1) is 10.1 Å². The first-order chi connectivity index (χ1) is 17.8. The number of carbonyl (C=O) groups excluding carboxylic acids is 1. The van der Waals surface area contributed by atoms with Crippen LogP contribution in [-0.4, -0.2) is 88.4 Å². The van der Waals surface area contributed by atoms with Gasteiger partial charge in [-0.3, -0.25) is 19.8 Å². The Bertz CT molecular complexity index is 1230. The second kappa shape index (κ2) is 11.7. The molecule has 2 aromatic carbocycles. The van der Waals surface area contributed by atoms with Gasteiger partial charge in [0.2, 0.25) is 0 Å². The van der Waals surface area contributed by atoms with E-state index in [0.717, 1.165) is 11.2 Å². The third-order valence-electron chi connectivity index (χ3n) is 6.13. The van der Waals surface area contributed by atoms with Gasteiger partial charge in [0.1, 0.15) is 27.4 Å². The summed E-state index contributed by atoms with van der Waals surface area (Å²) in [6.07, 6.45) is 0.691. The summed E-state index contributed by atoms with van der Waals surface area (Å²) >= 11 is 1.32. The third kappa shape index (κ3) is 5.76. The van der Waals surface area contributed by atoms with Crippen molar-refractivity contribution in [3.8, 4) is 11.5 Å². The standard InChI is InChI=1S/C25H31N5O6S/c1-27(2)10-5-11-29(25-26-22-20(34-3)8-9-21(35-4)23(22)37-25)24(31)17-6-7-18(19(16-17)30(32)33)28-12-14-36-15-13-28/h6-9,16H,5,10-15H2,1-4H3. The van der Waals surface area contributed by atoms with Crippen molar-refractivity contribution < 1.29 is 23.9 Å². The highest BCUT2D eigenvalue weighted by molar-refractivity contribution is 7.22. The number of anilines is 2. The number of morpholine rings is 1. The number of nitro benzene ring substituents is 1. The van der Waals surface area contributed by atoms with Gasteiger partial charge in [0.15, 0.2) is 5.13 Å². The van der Waals surface area contributed by atoms with Crippen LogP contribution in [0.25, 0.3) is 10.2 Å². The molecule has 0 atom stereocenters. The Morgan fingerprint density at radius 2 is 1.84 bits per heavy atom. The summed E-state index contributed by atoms with van der Waals surface area (Å²) in [4.78, 5) is 35.6. The lowest BCUT2D eigenvalue weighted by Gasteiger charge is -2.28. The summed E-state index contributed by atoms with van der Waals surface area (Å²) < 4.78 is 17.1. The molecule has 0 unspecified atom stereocenters. The number of hydrogen-bond acceptors (Lipinski definition) is 10. The molecular weight excluding hydrogens is 498 g/mol. The molecule has 1 aromatic heterocycles. The van der Waals surface area contributed by atoms with E-state index in [4.69, 9.17) is 19.2 Å². The average Bonchev–Trinajstić information content (AvgIpc) is 3.35. The molecule has 1 aliphatic rings. The summed E-state index contributed by atoms with van der Waals surface area (Å²) in [5, 5.41) is 12.4. The number of hydrogen-bond donors (Lipinski definition) is 0. The van der Waals surface area contributed by atoms with Crippen LogP contribution in [-0.2, 0) is 4.74 Å². The number of thiazole rings is 1. The van der Waals surface area contributed by atoms with Gasteiger partial charge in [0.05, 0.1) is 32.4 Å². The molecule has 1 amide bonds. The number of fused-ring (bicyclic) bond motifs is 1. The monoisotopic (exact) mass is 529 g/mol.